The van der Waals surface area contributed by atoms with Gasteiger partial charge < -0.3 is 30.1 Å². The van der Waals surface area contributed by atoms with E-state index in [2.05, 4.69) is 27.7 Å². The van der Waals surface area contributed by atoms with Gasteiger partial charge >= 0.3 is 5.97 Å². The minimum atomic E-state index is -0.674. The molecular weight excluding hydrogens is 446 g/mol. The van der Waals surface area contributed by atoms with E-state index in [4.69, 9.17) is 14.6 Å². The number of nitrogens with one attached hydrogen (secondary N) is 2. The van der Waals surface area contributed by atoms with Crippen molar-refractivity contribution in [3.8, 4) is 11.5 Å². The molecule has 0 saturated carbocycles. The van der Waals surface area contributed by atoms with Gasteiger partial charge in [0.05, 0.1) is 31.4 Å². The van der Waals surface area contributed by atoms with Gasteiger partial charge in [-0.2, -0.15) is 0 Å². The van der Waals surface area contributed by atoms with E-state index in [-0.39, 0.29) is 11.8 Å². The summed E-state index contributed by atoms with van der Waals surface area (Å²) in [6.07, 6.45) is 3.02. The van der Waals surface area contributed by atoms with Gasteiger partial charge in [0.15, 0.2) is 11.5 Å². The van der Waals surface area contributed by atoms with Gasteiger partial charge in [-0.05, 0) is 62.5 Å². The Kier molecular flexibility index (Phi) is 7.60. The number of aliphatic carboxylic acids is 1. The fraction of sp³-hybridized carbons (Fsp3) is 0.407. The fourth-order valence-electron chi connectivity index (χ4n) is 4.74. The molecule has 0 atom stereocenters. The molecule has 0 unspecified atom stereocenters. The maximum atomic E-state index is 12.8. The number of benzene rings is 2. The van der Waals surface area contributed by atoms with Crippen molar-refractivity contribution >= 4 is 28.8 Å². The first kappa shape index (κ1) is 24.6. The molecule has 35 heavy (non-hydrogen) atoms. The van der Waals surface area contributed by atoms with E-state index in [0.29, 0.717) is 29.2 Å². The number of carbonyl (C=O) groups excluding carboxylic acids is 1. The zero-order chi connectivity index (χ0) is 24.9. The van der Waals surface area contributed by atoms with Crippen molar-refractivity contribution in [3.63, 3.8) is 0 Å². The molecule has 0 spiro atoms. The van der Waals surface area contributed by atoms with Crippen molar-refractivity contribution in [1.82, 2.24) is 4.90 Å². The Morgan fingerprint density at radius 3 is 2.37 bits per heavy atom. The largest absolute Gasteiger partial charge is 0.493 e. The third-order valence-corrected chi connectivity index (χ3v) is 6.83. The number of anilines is 2. The highest BCUT2D eigenvalue weighted by atomic mass is 16.5. The second kappa shape index (κ2) is 10.8. The zero-order valence-corrected chi connectivity index (χ0v) is 20.5. The van der Waals surface area contributed by atoms with Crippen LogP contribution in [0.2, 0.25) is 0 Å². The Labute approximate surface area is 205 Å². The smallest absolute Gasteiger partial charge is 0.306 e. The van der Waals surface area contributed by atoms with Crippen LogP contribution in [0.3, 0.4) is 0 Å². The van der Waals surface area contributed by atoms with Crippen molar-refractivity contribution < 1.29 is 24.2 Å². The normalized spacial score (nSPS) is 17.5. The van der Waals surface area contributed by atoms with Gasteiger partial charge in [0, 0.05) is 29.6 Å². The van der Waals surface area contributed by atoms with Gasteiger partial charge in [0.1, 0.15) is 0 Å². The Morgan fingerprint density at radius 2 is 1.77 bits per heavy atom. The lowest BCUT2D eigenvalue weighted by Gasteiger charge is -2.29. The number of methoxy groups -OCH3 is 2. The van der Waals surface area contributed by atoms with Gasteiger partial charge in [-0.1, -0.05) is 19.1 Å². The van der Waals surface area contributed by atoms with Crippen LogP contribution in [-0.2, 0) is 16.0 Å². The van der Waals surface area contributed by atoms with Gasteiger partial charge in [0.25, 0.3) is 5.91 Å². The minimum absolute atomic E-state index is 0.150. The molecule has 1 saturated heterocycles. The standard InChI is InChI=1S/C27H33N3O5/c1-4-21(25-20-15-23(34-2)24(35-3)16-22(20)29-26(25)31)28-19-7-5-17(6-8-19)9-12-30-13-10-18(11-14-30)27(32)33/h5-8,15-16,18,28H,4,9-14H2,1-3H3,(H,29,31)(H,32,33)/b25-21-. The van der Waals surface area contributed by atoms with Crippen LogP contribution in [0.25, 0.3) is 5.57 Å². The highest BCUT2D eigenvalue weighted by Gasteiger charge is 2.29. The van der Waals surface area contributed by atoms with Gasteiger partial charge in [-0.3, -0.25) is 9.59 Å². The number of carboxylic acid groups (broad SMARTS) is 1. The summed E-state index contributed by atoms with van der Waals surface area (Å²) in [5.74, 6) is 0.123. The van der Waals surface area contributed by atoms with E-state index >= 15 is 0 Å². The number of carbonyl (C=O) groups is 2. The van der Waals surface area contributed by atoms with Crippen molar-refractivity contribution in [2.45, 2.75) is 32.6 Å². The molecule has 1 amide bonds. The van der Waals surface area contributed by atoms with Crippen LogP contribution in [0, 0.1) is 5.92 Å². The van der Waals surface area contributed by atoms with Crippen LogP contribution in [0.5, 0.6) is 11.5 Å². The molecule has 8 heteroatoms. The topological polar surface area (TPSA) is 100 Å². The van der Waals surface area contributed by atoms with E-state index < -0.39 is 5.97 Å². The number of nitrogens with zero attached hydrogens (tertiary/aromatic N) is 1. The number of allylic oxidation sites excluding steroid dienone is 1. The first-order valence-electron chi connectivity index (χ1n) is 12.1. The zero-order valence-electron chi connectivity index (χ0n) is 20.5. The molecule has 1 fully saturated rings. The average molecular weight is 480 g/mol. The van der Waals surface area contributed by atoms with Gasteiger partial charge in [0.2, 0.25) is 0 Å². The summed E-state index contributed by atoms with van der Waals surface area (Å²) in [5, 5.41) is 15.5. The molecule has 0 bridgehead atoms. The first-order valence-corrected chi connectivity index (χ1v) is 12.1. The average Bonchev–Trinajstić information content (AvgIpc) is 3.20. The van der Waals surface area contributed by atoms with Crippen LogP contribution in [-0.4, -0.2) is 55.7 Å². The quantitative estimate of drug-likeness (QED) is 0.463. The van der Waals surface area contributed by atoms with E-state index in [1.165, 1.54) is 5.56 Å². The molecule has 0 aliphatic carbocycles. The second-order valence-electron chi connectivity index (χ2n) is 8.94. The SMILES string of the molecule is CC/C(Nc1ccc(CCN2CCC(C(=O)O)CC2)cc1)=C1/C(=O)Nc2cc(OC)c(OC)cc21. The van der Waals surface area contributed by atoms with Crippen molar-refractivity contribution in [2.24, 2.45) is 5.92 Å². The van der Waals surface area contributed by atoms with Crippen LogP contribution in [0.4, 0.5) is 11.4 Å². The molecule has 2 aliphatic rings. The summed E-state index contributed by atoms with van der Waals surface area (Å²) in [5.41, 5.74) is 5.09. The maximum absolute atomic E-state index is 12.8. The number of amides is 1. The molecule has 2 aromatic rings. The lowest BCUT2D eigenvalue weighted by atomic mass is 9.97. The van der Waals surface area contributed by atoms with Crippen molar-refractivity contribution in [3.05, 3.63) is 53.2 Å². The molecule has 3 N–H and O–H groups in total. The Balaban J connectivity index is 1.44. The number of carboxylic acids is 1. The number of likely N-dealkylation sites (tertiary alicyclic amines) is 1. The molecule has 186 valence electrons. The minimum Gasteiger partial charge on any atom is -0.493 e. The summed E-state index contributed by atoms with van der Waals surface area (Å²) in [7, 11) is 3.15. The molecule has 2 aromatic carbocycles. The van der Waals surface area contributed by atoms with E-state index in [9.17, 15) is 9.59 Å². The predicted molar refractivity (Wildman–Crippen MR) is 136 cm³/mol. The van der Waals surface area contributed by atoms with Gasteiger partial charge in [-0.25, -0.2) is 0 Å². The Bertz CT molecular complexity index is 1120. The number of ether oxygens (including phenoxy) is 2. The summed E-state index contributed by atoms with van der Waals surface area (Å²) in [6.45, 7) is 4.61. The first-order chi connectivity index (χ1) is 16.9. The number of piperidine rings is 1. The van der Waals surface area contributed by atoms with Crippen LogP contribution in [0.15, 0.2) is 42.1 Å². The van der Waals surface area contributed by atoms with Crippen molar-refractivity contribution in [2.75, 3.05) is 44.5 Å². The van der Waals surface area contributed by atoms with E-state index in [1.54, 1.807) is 20.3 Å². The predicted octanol–water partition coefficient (Wildman–Crippen LogP) is 4.23. The molecule has 4 rings (SSSR count). The molecular formula is C27H33N3O5. The summed E-state index contributed by atoms with van der Waals surface area (Å²) in [6, 6.07) is 11.9. The highest BCUT2D eigenvalue weighted by Crippen LogP contribution is 2.42. The lowest BCUT2D eigenvalue weighted by Crippen LogP contribution is -2.37. The number of hydrogen-bond donors (Lipinski definition) is 3. The van der Waals surface area contributed by atoms with E-state index in [1.807, 2.05) is 25.1 Å². The molecule has 8 nitrogen and oxygen atoms in total. The molecule has 0 radical (unpaired) electrons. The maximum Gasteiger partial charge on any atom is 0.306 e. The molecule has 2 heterocycles. The monoisotopic (exact) mass is 479 g/mol. The Hall–Kier alpha value is -3.52. The highest BCUT2D eigenvalue weighted by molar-refractivity contribution is 6.32. The molecule has 2 aliphatic heterocycles. The summed E-state index contributed by atoms with van der Waals surface area (Å²) >= 11 is 0. The number of rotatable bonds is 9. The lowest BCUT2D eigenvalue weighted by molar-refractivity contribution is -0.143. The Morgan fingerprint density at radius 1 is 1.11 bits per heavy atom. The number of hydrogen-bond acceptors (Lipinski definition) is 6. The van der Waals surface area contributed by atoms with Crippen LogP contribution >= 0.6 is 0 Å². The summed E-state index contributed by atoms with van der Waals surface area (Å²) < 4.78 is 10.8. The molecule has 0 aromatic heterocycles. The van der Waals surface area contributed by atoms with E-state index in [0.717, 1.165) is 55.8 Å². The summed E-state index contributed by atoms with van der Waals surface area (Å²) in [4.78, 5) is 26.3. The fourth-order valence-corrected chi connectivity index (χ4v) is 4.74. The van der Waals surface area contributed by atoms with Crippen LogP contribution < -0.4 is 20.1 Å². The van der Waals surface area contributed by atoms with Crippen LogP contribution in [0.1, 0.15) is 37.3 Å². The third-order valence-electron chi connectivity index (χ3n) is 6.83. The third kappa shape index (κ3) is 5.43. The second-order valence-corrected chi connectivity index (χ2v) is 8.94. The van der Waals surface area contributed by atoms with Gasteiger partial charge in [-0.15, -0.1) is 0 Å². The number of fused-ring (bicyclic) bond motifs is 1. The van der Waals surface area contributed by atoms with Crippen molar-refractivity contribution in [1.29, 1.82) is 0 Å².